The first-order valence-electron chi connectivity index (χ1n) is 17.3. The van der Waals surface area contributed by atoms with Crippen LogP contribution in [0.2, 0.25) is 0 Å². The van der Waals surface area contributed by atoms with Crippen LogP contribution in [-0.2, 0) is 0 Å². The number of para-hydroxylation sites is 1. The number of hydrogen-bond acceptors (Lipinski definition) is 2. The molecule has 8 aromatic carbocycles. The third-order valence-corrected chi connectivity index (χ3v) is 11.5. The van der Waals surface area contributed by atoms with Crippen molar-refractivity contribution in [3.63, 3.8) is 0 Å². The van der Waals surface area contributed by atoms with Gasteiger partial charge in [0, 0.05) is 53.0 Å². The largest absolute Gasteiger partial charge is 0.455 e. The molecule has 11 rings (SSSR count). The Kier molecular flexibility index (Phi) is 6.16. The maximum Gasteiger partial charge on any atom is 0.143 e. The summed E-state index contributed by atoms with van der Waals surface area (Å²) in [6, 6.07) is 63.6. The van der Waals surface area contributed by atoms with Gasteiger partial charge in [-0.25, -0.2) is 0 Å². The van der Waals surface area contributed by atoms with E-state index in [0.29, 0.717) is 0 Å². The van der Waals surface area contributed by atoms with Gasteiger partial charge in [-0.1, -0.05) is 121 Å². The molecule has 0 radical (unpaired) electrons. The average molecular weight is 668 g/mol. The third-order valence-electron chi connectivity index (χ3n) is 10.4. The van der Waals surface area contributed by atoms with Crippen molar-refractivity contribution in [3.8, 4) is 39.1 Å². The predicted octanol–water partition coefficient (Wildman–Crippen LogP) is 14.1. The fourth-order valence-electron chi connectivity index (χ4n) is 8.06. The van der Waals surface area contributed by atoms with Crippen LogP contribution in [0.5, 0.6) is 0 Å². The van der Waals surface area contributed by atoms with Gasteiger partial charge in [-0.15, -0.1) is 11.3 Å². The second kappa shape index (κ2) is 11.0. The molecule has 0 saturated carbocycles. The summed E-state index contributed by atoms with van der Waals surface area (Å²) in [5.74, 6) is 0. The highest BCUT2D eigenvalue weighted by Gasteiger charge is 2.19. The second-order valence-electron chi connectivity index (χ2n) is 13.3. The zero-order valence-electron chi connectivity index (χ0n) is 27.5. The first-order valence-corrected chi connectivity index (χ1v) is 18.2. The maximum atomic E-state index is 6.75. The van der Waals surface area contributed by atoms with Crippen LogP contribution >= 0.6 is 11.3 Å². The molecule has 0 aliphatic heterocycles. The van der Waals surface area contributed by atoms with E-state index in [1.54, 1.807) is 0 Å². The number of thiophene rings is 1. The molecule has 0 aliphatic rings. The van der Waals surface area contributed by atoms with Gasteiger partial charge in [0.15, 0.2) is 0 Å². The SMILES string of the molecule is c1ccc(-c2ccc3c(c2)c2cc(-c4ccccc4)ccc2n3-c2ccc3oc4c(-c5cccc6sc7ccccc7c56)cccc4c3c2)cc1. The van der Waals surface area contributed by atoms with E-state index >= 15 is 0 Å². The molecule has 0 aliphatic carbocycles. The van der Waals surface area contributed by atoms with Crippen molar-refractivity contribution in [2.24, 2.45) is 0 Å². The van der Waals surface area contributed by atoms with E-state index in [-0.39, 0.29) is 0 Å². The van der Waals surface area contributed by atoms with E-state index < -0.39 is 0 Å². The Balaban J connectivity index is 1.14. The van der Waals surface area contributed by atoms with E-state index in [1.807, 2.05) is 11.3 Å². The molecule has 0 N–H and O–H groups in total. The van der Waals surface area contributed by atoms with Gasteiger partial charge in [-0.2, -0.15) is 0 Å². The van der Waals surface area contributed by atoms with E-state index in [4.69, 9.17) is 4.42 Å². The van der Waals surface area contributed by atoms with Gasteiger partial charge in [0.25, 0.3) is 0 Å². The van der Waals surface area contributed by atoms with Gasteiger partial charge in [0.2, 0.25) is 0 Å². The van der Waals surface area contributed by atoms with Crippen molar-refractivity contribution in [2.45, 2.75) is 0 Å². The summed E-state index contributed by atoms with van der Waals surface area (Å²) in [5, 5.41) is 7.30. The summed E-state index contributed by atoms with van der Waals surface area (Å²) in [6.07, 6.45) is 0. The van der Waals surface area contributed by atoms with Crippen LogP contribution in [0, 0.1) is 0 Å². The Morgan fingerprint density at radius 3 is 1.73 bits per heavy atom. The number of rotatable bonds is 4. The quantitative estimate of drug-likeness (QED) is 0.183. The molecule has 0 saturated heterocycles. The van der Waals surface area contributed by atoms with Crippen LogP contribution in [0.25, 0.3) is 103 Å². The highest BCUT2D eigenvalue weighted by atomic mass is 32.1. The van der Waals surface area contributed by atoms with Crippen LogP contribution in [0.15, 0.2) is 180 Å². The standard InChI is InChI=1S/C48H29NOS/c1-3-11-30(12-4-1)32-21-24-42-39(27-32)40-28-33(31-13-5-2-6-14-31)22-25-43(40)49(42)34-23-26-44-41(29-34)37-18-9-17-36(48(37)50-44)35-16-10-20-46-47(35)38-15-7-8-19-45(38)51-46/h1-29H. The minimum absolute atomic E-state index is 0.891. The first kappa shape index (κ1) is 28.4. The van der Waals surface area contributed by atoms with Crippen molar-refractivity contribution in [1.82, 2.24) is 4.57 Å². The fraction of sp³-hybridized carbons (Fsp3) is 0. The van der Waals surface area contributed by atoms with E-state index in [9.17, 15) is 0 Å². The van der Waals surface area contributed by atoms with Gasteiger partial charge in [0.05, 0.1) is 11.0 Å². The van der Waals surface area contributed by atoms with E-state index in [1.165, 1.54) is 69.8 Å². The third kappa shape index (κ3) is 4.35. The van der Waals surface area contributed by atoms with Crippen LogP contribution in [0.3, 0.4) is 0 Å². The zero-order chi connectivity index (χ0) is 33.5. The molecule has 0 spiro atoms. The summed E-state index contributed by atoms with van der Waals surface area (Å²) in [7, 11) is 0. The zero-order valence-corrected chi connectivity index (χ0v) is 28.3. The summed E-state index contributed by atoms with van der Waals surface area (Å²) in [5.41, 5.74) is 12.5. The van der Waals surface area contributed by atoms with Gasteiger partial charge >= 0.3 is 0 Å². The molecule has 51 heavy (non-hydrogen) atoms. The molecule has 2 nitrogen and oxygen atoms in total. The molecule has 11 aromatic rings. The molecule has 0 atom stereocenters. The lowest BCUT2D eigenvalue weighted by molar-refractivity contribution is 0.670. The Labute approximate surface area is 298 Å². The first-order chi connectivity index (χ1) is 25.3. The summed E-state index contributed by atoms with van der Waals surface area (Å²) < 4.78 is 11.8. The number of hydrogen-bond donors (Lipinski definition) is 0. The van der Waals surface area contributed by atoms with Gasteiger partial charge in [-0.3, -0.25) is 0 Å². The van der Waals surface area contributed by atoms with Gasteiger partial charge in [-0.05, 0) is 82.4 Å². The monoisotopic (exact) mass is 667 g/mol. The van der Waals surface area contributed by atoms with E-state index in [0.717, 1.165) is 33.2 Å². The van der Waals surface area contributed by atoms with Crippen molar-refractivity contribution < 1.29 is 4.42 Å². The molecule has 3 heterocycles. The topological polar surface area (TPSA) is 18.1 Å². The van der Waals surface area contributed by atoms with Crippen LogP contribution in [-0.4, -0.2) is 4.57 Å². The molecule has 0 unspecified atom stereocenters. The molecule has 0 bridgehead atoms. The molecule has 0 amide bonds. The highest BCUT2D eigenvalue weighted by molar-refractivity contribution is 7.25. The highest BCUT2D eigenvalue weighted by Crippen LogP contribution is 2.44. The summed E-state index contributed by atoms with van der Waals surface area (Å²) >= 11 is 1.85. The Hall–Kier alpha value is -6.42. The lowest BCUT2D eigenvalue weighted by Crippen LogP contribution is -1.93. The van der Waals surface area contributed by atoms with Crippen molar-refractivity contribution in [3.05, 3.63) is 176 Å². The summed E-state index contributed by atoms with van der Waals surface area (Å²) in [4.78, 5) is 0. The number of fused-ring (bicyclic) bond motifs is 9. The number of nitrogens with zero attached hydrogens (tertiary/aromatic N) is 1. The molecular weight excluding hydrogens is 639 g/mol. The van der Waals surface area contributed by atoms with E-state index in [2.05, 4.69) is 180 Å². The number of furan rings is 1. The van der Waals surface area contributed by atoms with Crippen LogP contribution in [0.1, 0.15) is 0 Å². The van der Waals surface area contributed by atoms with Gasteiger partial charge < -0.3 is 8.98 Å². The van der Waals surface area contributed by atoms with Crippen molar-refractivity contribution in [1.29, 1.82) is 0 Å². The number of aromatic nitrogens is 1. The Bertz CT molecular complexity index is 3030. The average Bonchev–Trinajstić information content (AvgIpc) is 3.87. The fourth-order valence-corrected chi connectivity index (χ4v) is 9.19. The molecular formula is C48H29NOS. The van der Waals surface area contributed by atoms with Crippen molar-refractivity contribution in [2.75, 3.05) is 0 Å². The van der Waals surface area contributed by atoms with Crippen LogP contribution < -0.4 is 0 Å². The molecule has 238 valence electrons. The molecule has 3 heteroatoms. The minimum Gasteiger partial charge on any atom is -0.455 e. The smallest absolute Gasteiger partial charge is 0.143 e. The second-order valence-corrected chi connectivity index (χ2v) is 14.4. The lowest BCUT2D eigenvalue weighted by atomic mass is 9.97. The summed E-state index contributed by atoms with van der Waals surface area (Å²) in [6.45, 7) is 0. The Morgan fingerprint density at radius 1 is 0.392 bits per heavy atom. The predicted molar refractivity (Wildman–Crippen MR) is 217 cm³/mol. The lowest BCUT2D eigenvalue weighted by Gasteiger charge is -2.09. The molecule has 0 fully saturated rings. The normalized spacial score (nSPS) is 11.9. The number of benzene rings is 8. The molecule has 3 aromatic heterocycles. The van der Waals surface area contributed by atoms with Crippen molar-refractivity contribution >= 4 is 75.3 Å². The maximum absolute atomic E-state index is 6.75. The van der Waals surface area contributed by atoms with Crippen LogP contribution in [0.4, 0.5) is 0 Å². The Morgan fingerprint density at radius 2 is 1.00 bits per heavy atom. The van der Waals surface area contributed by atoms with Gasteiger partial charge in [0.1, 0.15) is 11.2 Å². The minimum atomic E-state index is 0.891.